The number of fused-ring (bicyclic) bond motifs is 1. The first-order valence-electron chi connectivity index (χ1n) is 12.1. The van der Waals surface area contributed by atoms with Crippen molar-refractivity contribution < 1.29 is 29.3 Å². The molecule has 2 amide bonds. The Kier molecular flexibility index (Phi) is 6.82. The smallest absolute Gasteiger partial charge is 0.310 e. The van der Waals surface area contributed by atoms with Crippen LogP contribution in [-0.2, 0) is 25.7 Å². The number of carboxylic acids is 1. The monoisotopic (exact) mass is 470 g/mol. The van der Waals surface area contributed by atoms with Crippen LogP contribution in [0.4, 0.5) is 0 Å². The number of aliphatic carboxylic acids is 1. The van der Waals surface area contributed by atoms with Crippen LogP contribution in [0.2, 0.25) is 0 Å². The van der Waals surface area contributed by atoms with Crippen molar-refractivity contribution in [2.45, 2.75) is 63.4 Å². The van der Waals surface area contributed by atoms with E-state index in [0.29, 0.717) is 25.8 Å². The van der Waals surface area contributed by atoms with E-state index in [9.17, 15) is 24.6 Å². The summed E-state index contributed by atoms with van der Waals surface area (Å²) in [6.07, 6.45) is 2.69. The average Bonchev–Trinajstić information content (AvgIpc) is 3.47. The minimum absolute atomic E-state index is 0.0815. The van der Waals surface area contributed by atoms with Crippen LogP contribution in [-0.4, -0.2) is 74.7 Å². The molecule has 0 aliphatic carbocycles. The second kappa shape index (κ2) is 9.50. The Morgan fingerprint density at radius 3 is 2.65 bits per heavy atom. The molecule has 3 aliphatic rings. The molecule has 1 aromatic rings. The summed E-state index contributed by atoms with van der Waals surface area (Å²) in [5, 5.41) is 20.2. The van der Waals surface area contributed by atoms with Gasteiger partial charge in [-0.25, -0.2) is 0 Å². The van der Waals surface area contributed by atoms with Crippen molar-refractivity contribution in [3.63, 3.8) is 0 Å². The van der Waals surface area contributed by atoms with Crippen LogP contribution in [0, 0.1) is 17.8 Å². The van der Waals surface area contributed by atoms with Gasteiger partial charge in [0.15, 0.2) is 0 Å². The van der Waals surface area contributed by atoms with E-state index in [0.717, 1.165) is 5.56 Å². The summed E-state index contributed by atoms with van der Waals surface area (Å²) in [7, 11) is 0. The summed E-state index contributed by atoms with van der Waals surface area (Å²) < 4.78 is 6.28. The summed E-state index contributed by atoms with van der Waals surface area (Å²) in [6.45, 7) is 7.98. The summed E-state index contributed by atoms with van der Waals surface area (Å²) in [5.41, 5.74) is -0.262. The number of likely N-dealkylation sites (tertiary alicyclic amines) is 1. The molecule has 0 saturated carbocycles. The van der Waals surface area contributed by atoms with Crippen molar-refractivity contribution in [1.29, 1.82) is 0 Å². The number of nitrogens with zero attached hydrogens (tertiary/aromatic N) is 2. The molecule has 3 heterocycles. The number of aliphatic hydroxyl groups excluding tert-OH is 1. The summed E-state index contributed by atoms with van der Waals surface area (Å²) in [5.74, 6) is -3.77. The highest BCUT2D eigenvalue weighted by Crippen LogP contribution is 2.59. The van der Waals surface area contributed by atoms with E-state index in [1.54, 1.807) is 11.0 Å². The maximum Gasteiger partial charge on any atom is 0.310 e. The van der Waals surface area contributed by atoms with Crippen LogP contribution >= 0.6 is 0 Å². The zero-order valence-corrected chi connectivity index (χ0v) is 19.8. The quantitative estimate of drug-likeness (QED) is 0.507. The predicted octanol–water partition coefficient (Wildman–Crippen LogP) is 2.07. The molecule has 8 nitrogen and oxygen atoms in total. The first kappa shape index (κ1) is 24.4. The molecule has 3 fully saturated rings. The number of aliphatic hydroxyl groups is 1. The van der Waals surface area contributed by atoms with Crippen LogP contribution in [0.15, 0.2) is 43.0 Å². The number of rotatable bonds is 10. The van der Waals surface area contributed by atoms with Crippen LogP contribution in [0.1, 0.15) is 38.7 Å². The van der Waals surface area contributed by atoms with E-state index in [1.807, 2.05) is 44.2 Å². The van der Waals surface area contributed by atoms with Crippen LogP contribution < -0.4 is 0 Å². The lowest BCUT2D eigenvalue weighted by Gasteiger charge is -2.41. The minimum atomic E-state index is -1.20. The van der Waals surface area contributed by atoms with Gasteiger partial charge in [-0.1, -0.05) is 56.7 Å². The first-order chi connectivity index (χ1) is 16.3. The largest absolute Gasteiger partial charge is 0.481 e. The number of benzene rings is 1. The molecule has 2 bridgehead atoms. The highest BCUT2D eigenvalue weighted by molar-refractivity contribution is 5.98. The van der Waals surface area contributed by atoms with Gasteiger partial charge < -0.3 is 24.7 Å². The zero-order chi connectivity index (χ0) is 24.6. The van der Waals surface area contributed by atoms with Crippen molar-refractivity contribution in [3.05, 3.63) is 48.6 Å². The number of carbonyl (C=O) groups excluding carboxylic acids is 2. The van der Waals surface area contributed by atoms with E-state index in [-0.39, 0.29) is 25.0 Å². The Morgan fingerprint density at radius 1 is 1.35 bits per heavy atom. The van der Waals surface area contributed by atoms with Gasteiger partial charge in [-0.2, -0.15) is 0 Å². The fourth-order valence-electron chi connectivity index (χ4n) is 6.19. The Labute approximate surface area is 200 Å². The highest BCUT2D eigenvalue weighted by Gasteiger charge is 2.75. The highest BCUT2D eigenvalue weighted by atomic mass is 16.5. The van der Waals surface area contributed by atoms with Gasteiger partial charge in [0.05, 0.1) is 30.6 Å². The van der Waals surface area contributed by atoms with Gasteiger partial charge in [0.1, 0.15) is 11.6 Å². The molecule has 8 heteroatoms. The molecule has 1 spiro atoms. The van der Waals surface area contributed by atoms with E-state index in [2.05, 4.69) is 6.58 Å². The second-order valence-electron chi connectivity index (χ2n) is 9.77. The zero-order valence-electron chi connectivity index (χ0n) is 19.8. The van der Waals surface area contributed by atoms with Gasteiger partial charge in [0, 0.05) is 13.1 Å². The van der Waals surface area contributed by atoms with E-state index >= 15 is 0 Å². The molecule has 34 heavy (non-hydrogen) atoms. The maximum absolute atomic E-state index is 14.2. The number of hydrogen-bond donors (Lipinski definition) is 2. The van der Waals surface area contributed by atoms with Crippen molar-refractivity contribution >= 4 is 17.8 Å². The lowest BCUT2D eigenvalue weighted by Crippen LogP contribution is -2.59. The number of amides is 2. The molecule has 0 radical (unpaired) electrons. The molecular weight excluding hydrogens is 436 g/mol. The van der Waals surface area contributed by atoms with Crippen LogP contribution in [0.3, 0.4) is 0 Å². The minimum Gasteiger partial charge on any atom is -0.481 e. The number of hydrogen-bond acceptors (Lipinski definition) is 5. The number of carbonyl (C=O) groups is 3. The second-order valence-corrected chi connectivity index (χ2v) is 9.77. The van der Waals surface area contributed by atoms with E-state index < -0.39 is 47.5 Å². The molecule has 1 aromatic carbocycles. The Hall–Kier alpha value is -2.71. The number of carboxylic acid groups (broad SMARTS) is 1. The van der Waals surface area contributed by atoms with Crippen molar-refractivity contribution in [2.75, 3.05) is 13.2 Å². The van der Waals surface area contributed by atoms with Gasteiger partial charge in [-0.3, -0.25) is 14.4 Å². The average molecular weight is 471 g/mol. The summed E-state index contributed by atoms with van der Waals surface area (Å²) in [6, 6.07) is 7.95. The van der Waals surface area contributed by atoms with Crippen molar-refractivity contribution in [1.82, 2.24) is 9.80 Å². The standard InChI is InChI=1S/C26H34N2O6/c1-4-13-27(14-17-9-7-6-8-10-17)24(31)22-26-12-11-19(34-26)20(25(32)33)21(26)23(30)28(22)18(15-29)16(3)5-2/h4,6-10,16,18-22,29H,1,5,11-15H2,2-3H3,(H,32,33)/t16-,18-,19+,20-,21-,22?,26?/m0/s1. The first-order valence-corrected chi connectivity index (χ1v) is 12.1. The predicted molar refractivity (Wildman–Crippen MR) is 124 cm³/mol. The number of ether oxygens (including phenoxy) is 1. The molecule has 2 unspecified atom stereocenters. The van der Waals surface area contributed by atoms with Crippen molar-refractivity contribution in [2.24, 2.45) is 17.8 Å². The Balaban J connectivity index is 1.78. The van der Waals surface area contributed by atoms with E-state index in [1.165, 1.54) is 4.90 Å². The lowest BCUT2D eigenvalue weighted by atomic mass is 9.70. The van der Waals surface area contributed by atoms with E-state index in [4.69, 9.17) is 4.74 Å². The SMILES string of the molecule is C=CCN(Cc1ccccc1)C(=O)C1N([C@@H](CO)[C@@H](C)CC)C(=O)[C@@H]2[C@@H](C(=O)O)[C@H]3CCC12O3. The third kappa shape index (κ3) is 3.73. The van der Waals surface area contributed by atoms with Gasteiger partial charge in [-0.15, -0.1) is 6.58 Å². The molecule has 4 rings (SSSR count). The molecule has 7 atom stereocenters. The van der Waals surface area contributed by atoms with Crippen LogP contribution in [0.25, 0.3) is 0 Å². The molecular formula is C26H34N2O6. The normalized spacial score (nSPS) is 31.3. The molecule has 3 saturated heterocycles. The Morgan fingerprint density at radius 2 is 2.06 bits per heavy atom. The van der Waals surface area contributed by atoms with Gasteiger partial charge in [0.25, 0.3) is 0 Å². The summed E-state index contributed by atoms with van der Waals surface area (Å²) >= 11 is 0. The summed E-state index contributed by atoms with van der Waals surface area (Å²) in [4.78, 5) is 43.3. The third-order valence-corrected chi connectivity index (χ3v) is 7.98. The molecule has 2 N–H and O–H groups in total. The van der Waals surface area contributed by atoms with Crippen molar-refractivity contribution in [3.8, 4) is 0 Å². The Bertz CT molecular complexity index is 952. The van der Waals surface area contributed by atoms with Crippen LogP contribution in [0.5, 0.6) is 0 Å². The maximum atomic E-state index is 14.2. The van der Waals surface area contributed by atoms with Gasteiger partial charge in [0.2, 0.25) is 11.8 Å². The third-order valence-electron chi connectivity index (χ3n) is 7.98. The molecule has 0 aromatic heterocycles. The topological polar surface area (TPSA) is 107 Å². The fourth-order valence-corrected chi connectivity index (χ4v) is 6.19. The van der Waals surface area contributed by atoms with Gasteiger partial charge in [-0.05, 0) is 24.3 Å². The van der Waals surface area contributed by atoms with Gasteiger partial charge >= 0.3 is 5.97 Å². The fraction of sp³-hybridized carbons (Fsp3) is 0.577. The molecule has 184 valence electrons. The molecule has 3 aliphatic heterocycles. The lowest BCUT2D eigenvalue weighted by molar-refractivity contribution is -0.154.